The number of amides is 1. The molecule has 1 atom stereocenters. The van der Waals surface area contributed by atoms with Crippen molar-refractivity contribution in [2.24, 2.45) is 0 Å². The minimum Gasteiger partial charge on any atom is -0.493 e. The molecular formula is C25H25NO2. The first-order chi connectivity index (χ1) is 13.7. The zero-order chi connectivity index (χ0) is 19.3. The highest BCUT2D eigenvalue weighted by Gasteiger charge is 2.24. The minimum atomic E-state index is -0.307. The number of hydrogen-bond donors (Lipinski definition) is 1. The maximum atomic E-state index is 13.2. The molecule has 0 aliphatic carbocycles. The molecule has 1 heterocycles. The van der Waals surface area contributed by atoms with Crippen LogP contribution < -0.4 is 10.1 Å². The lowest BCUT2D eigenvalue weighted by Gasteiger charge is -2.21. The molecule has 4 rings (SSSR count). The van der Waals surface area contributed by atoms with E-state index in [4.69, 9.17) is 4.74 Å². The van der Waals surface area contributed by atoms with Crippen LogP contribution in [0, 0.1) is 0 Å². The molecule has 3 aromatic rings. The van der Waals surface area contributed by atoms with Gasteiger partial charge in [-0.2, -0.15) is 0 Å². The average Bonchev–Trinajstić information content (AvgIpc) is 3.17. The number of nitrogens with one attached hydrogen (secondary N) is 1. The predicted molar refractivity (Wildman–Crippen MR) is 112 cm³/mol. The van der Waals surface area contributed by atoms with Gasteiger partial charge in [-0.3, -0.25) is 4.79 Å². The van der Waals surface area contributed by atoms with E-state index in [0.717, 1.165) is 36.3 Å². The van der Waals surface area contributed by atoms with Crippen molar-refractivity contribution in [2.75, 3.05) is 6.61 Å². The molecule has 1 N–H and O–H groups in total. The monoisotopic (exact) mass is 371 g/mol. The van der Waals surface area contributed by atoms with Crippen LogP contribution in [0.1, 0.15) is 35.1 Å². The van der Waals surface area contributed by atoms with Crippen LogP contribution in [0.25, 0.3) is 0 Å². The fourth-order valence-electron chi connectivity index (χ4n) is 3.88. The summed E-state index contributed by atoms with van der Waals surface area (Å²) in [6.07, 6.45) is 1.77. The van der Waals surface area contributed by atoms with Crippen molar-refractivity contribution in [1.82, 2.24) is 5.32 Å². The third-order valence-corrected chi connectivity index (χ3v) is 5.21. The van der Waals surface area contributed by atoms with E-state index in [2.05, 4.69) is 24.4 Å². The van der Waals surface area contributed by atoms with Crippen LogP contribution in [-0.4, -0.2) is 18.6 Å². The molecule has 0 unspecified atom stereocenters. The van der Waals surface area contributed by atoms with E-state index in [1.807, 2.05) is 66.7 Å². The van der Waals surface area contributed by atoms with Crippen LogP contribution in [-0.2, 0) is 17.6 Å². The van der Waals surface area contributed by atoms with E-state index in [0.29, 0.717) is 0 Å². The Morgan fingerprint density at radius 2 is 1.61 bits per heavy atom. The zero-order valence-corrected chi connectivity index (χ0v) is 16.1. The van der Waals surface area contributed by atoms with Gasteiger partial charge in [0.15, 0.2) is 0 Å². The van der Waals surface area contributed by atoms with Crippen LogP contribution in [0.3, 0.4) is 0 Å². The van der Waals surface area contributed by atoms with E-state index in [-0.39, 0.29) is 17.9 Å². The summed E-state index contributed by atoms with van der Waals surface area (Å²) in [4.78, 5) is 13.2. The summed E-state index contributed by atoms with van der Waals surface area (Å²) in [6.45, 7) is 2.83. The van der Waals surface area contributed by atoms with Crippen molar-refractivity contribution in [3.8, 4) is 5.75 Å². The number of ether oxygens (including phenoxy) is 1. The van der Waals surface area contributed by atoms with Crippen molar-refractivity contribution in [1.29, 1.82) is 0 Å². The third kappa shape index (κ3) is 4.09. The van der Waals surface area contributed by atoms with E-state index in [9.17, 15) is 4.79 Å². The molecule has 1 aliphatic heterocycles. The van der Waals surface area contributed by atoms with Crippen LogP contribution in [0.5, 0.6) is 5.75 Å². The fourth-order valence-corrected chi connectivity index (χ4v) is 3.88. The van der Waals surface area contributed by atoms with Crippen molar-refractivity contribution in [2.45, 2.75) is 31.7 Å². The first kappa shape index (κ1) is 18.3. The fraction of sp³-hybridized carbons (Fsp3) is 0.240. The molecular weight excluding hydrogens is 346 g/mol. The number of benzene rings is 3. The van der Waals surface area contributed by atoms with Gasteiger partial charge < -0.3 is 10.1 Å². The van der Waals surface area contributed by atoms with Crippen LogP contribution >= 0.6 is 0 Å². The smallest absolute Gasteiger partial charge is 0.232 e. The molecule has 0 spiro atoms. The second-order valence-corrected chi connectivity index (χ2v) is 7.41. The summed E-state index contributed by atoms with van der Waals surface area (Å²) >= 11 is 0. The van der Waals surface area contributed by atoms with Crippen molar-refractivity contribution < 1.29 is 9.53 Å². The van der Waals surface area contributed by atoms with Crippen molar-refractivity contribution in [3.05, 3.63) is 101 Å². The van der Waals surface area contributed by atoms with Gasteiger partial charge in [-0.25, -0.2) is 0 Å². The van der Waals surface area contributed by atoms with Gasteiger partial charge in [-0.05, 0) is 41.7 Å². The molecule has 3 heteroatoms. The van der Waals surface area contributed by atoms with Crippen molar-refractivity contribution in [3.63, 3.8) is 0 Å². The van der Waals surface area contributed by atoms with E-state index >= 15 is 0 Å². The van der Waals surface area contributed by atoms with Gasteiger partial charge in [0.05, 0.1) is 12.5 Å². The summed E-state index contributed by atoms with van der Waals surface area (Å²) in [5.74, 6) is 0.723. The number of fused-ring (bicyclic) bond motifs is 1. The summed E-state index contributed by atoms with van der Waals surface area (Å²) in [7, 11) is 0. The van der Waals surface area contributed by atoms with Gasteiger partial charge in [0.1, 0.15) is 5.75 Å². The standard InChI is InChI=1S/C25H25NO2/c1-18(16-19-12-13-23-22(17-19)14-15-28-23)26-25(27)24(20-8-4-2-5-9-20)21-10-6-3-7-11-21/h2-13,17-18,24H,14-16H2,1H3,(H,26,27)/t18-/m1/s1. The Kier molecular flexibility index (Phi) is 5.43. The summed E-state index contributed by atoms with van der Waals surface area (Å²) in [6, 6.07) is 26.3. The predicted octanol–water partition coefficient (Wildman–Crippen LogP) is 4.50. The molecule has 0 aromatic heterocycles. The van der Waals surface area contributed by atoms with Gasteiger partial charge in [0.25, 0.3) is 0 Å². The minimum absolute atomic E-state index is 0.0365. The van der Waals surface area contributed by atoms with E-state index < -0.39 is 0 Å². The summed E-state index contributed by atoms with van der Waals surface area (Å²) in [5, 5.41) is 3.22. The molecule has 0 saturated heterocycles. The summed E-state index contributed by atoms with van der Waals surface area (Å²) < 4.78 is 5.58. The Bertz CT molecular complexity index is 898. The molecule has 3 aromatic carbocycles. The number of carbonyl (C=O) groups is 1. The van der Waals surface area contributed by atoms with E-state index in [1.165, 1.54) is 11.1 Å². The molecule has 3 nitrogen and oxygen atoms in total. The highest BCUT2D eigenvalue weighted by molar-refractivity contribution is 5.87. The van der Waals surface area contributed by atoms with Crippen LogP contribution in [0.15, 0.2) is 78.9 Å². The zero-order valence-electron chi connectivity index (χ0n) is 16.1. The number of rotatable bonds is 6. The quantitative estimate of drug-likeness (QED) is 0.693. The molecule has 28 heavy (non-hydrogen) atoms. The van der Waals surface area contributed by atoms with Gasteiger partial charge in [-0.1, -0.05) is 72.8 Å². The highest BCUT2D eigenvalue weighted by atomic mass is 16.5. The topological polar surface area (TPSA) is 38.3 Å². The van der Waals surface area contributed by atoms with Crippen LogP contribution in [0.2, 0.25) is 0 Å². The second-order valence-electron chi connectivity index (χ2n) is 7.41. The summed E-state index contributed by atoms with van der Waals surface area (Å²) in [5.41, 5.74) is 4.51. The SMILES string of the molecule is C[C@H](Cc1ccc2c(c1)CCO2)NC(=O)C(c1ccccc1)c1ccccc1. The Morgan fingerprint density at radius 3 is 2.25 bits per heavy atom. The molecule has 0 radical (unpaired) electrons. The first-order valence-electron chi connectivity index (χ1n) is 9.85. The molecule has 0 fully saturated rings. The van der Waals surface area contributed by atoms with Crippen LogP contribution in [0.4, 0.5) is 0 Å². The van der Waals surface area contributed by atoms with Gasteiger partial charge in [0.2, 0.25) is 5.91 Å². The molecule has 0 bridgehead atoms. The Hall–Kier alpha value is -3.07. The average molecular weight is 371 g/mol. The van der Waals surface area contributed by atoms with Gasteiger partial charge in [-0.15, -0.1) is 0 Å². The van der Waals surface area contributed by atoms with E-state index in [1.54, 1.807) is 0 Å². The number of hydrogen-bond acceptors (Lipinski definition) is 2. The van der Waals surface area contributed by atoms with Gasteiger partial charge >= 0.3 is 0 Å². The molecule has 1 aliphatic rings. The molecule has 0 saturated carbocycles. The Morgan fingerprint density at radius 1 is 0.964 bits per heavy atom. The normalized spacial score (nSPS) is 13.6. The lowest BCUT2D eigenvalue weighted by Crippen LogP contribution is -2.38. The highest BCUT2D eigenvalue weighted by Crippen LogP contribution is 2.27. The third-order valence-electron chi connectivity index (χ3n) is 5.21. The first-order valence-corrected chi connectivity index (χ1v) is 9.85. The lowest BCUT2D eigenvalue weighted by molar-refractivity contribution is -0.122. The maximum absolute atomic E-state index is 13.2. The molecule has 1 amide bonds. The Balaban J connectivity index is 1.49. The largest absolute Gasteiger partial charge is 0.493 e. The molecule has 142 valence electrons. The Labute approximate surface area is 166 Å². The number of carbonyl (C=O) groups excluding carboxylic acids is 1. The lowest BCUT2D eigenvalue weighted by atomic mass is 9.90. The van der Waals surface area contributed by atoms with Gasteiger partial charge in [0, 0.05) is 12.5 Å². The van der Waals surface area contributed by atoms with Crippen molar-refractivity contribution >= 4 is 5.91 Å². The maximum Gasteiger partial charge on any atom is 0.232 e. The second kappa shape index (κ2) is 8.30.